The largest absolute Gasteiger partial charge is 0.493 e. The zero-order chi connectivity index (χ0) is 16.7. The lowest BCUT2D eigenvalue weighted by atomic mass is 10.1. The maximum Gasteiger partial charge on any atom is 0.161 e. The van der Waals surface area contributed by atoms with Crippen molar-refractivity contribution in [3.63, 3.8) is 0 Å². The van der Waals surface area contributed by atoms with Gasteiger partial charge in [0.2, 0.25) is 0 Å². The lowest BCUT2D eigenvalue weighted by Crippen LogP contribution is -2.30. The van der Waals surface area contributed by atoms with Crippen molar-refractivity contribution in [3.8, 4) is 11.5 Å². The molecule has 0 saturated heterocycles. The number of furan rings is 1. The molecule has 0 spiro atoms. The first-order chi connectivity index (χ1) is 11.2. The minimum atomic E-state index is 0.203. The number of nitrogens with one attached hydrogen (secondary N) is 1. The van der Waals surface area contributed by atoms with Gasteiger partial charge in [-0.3, -0.25) is 4.90 Å². The van der Waals surface area contributed by atoms with Crippen LogP contribution in [0.4, 0.5) is 0 Å². The van der Waals surface area contributed by atoms with Crippen molar-refractivity contribution >= 4 is 0 Å². The second-order valence-electron chi connectivity index (χ2n) is 5.54. The van der Waals surface area contributed by atoms with Crippen LogP contribution >= 0.6 is 0 Å². The molecular weight excluding hydrogens is 292 g/mol. The van der Waals surface area contributed by atoms with Crippen LogP contribution in [-0.2, 0) is 6.54 Å². The van der Waals surface area contributed by atoms with Gasteiger partial charge in [-0.05, 0) is 50.8 Å². The number of nitrogens with zero attached hydrogens (tertiary/aromatic N) is 1. The minimum absolute atomic E-state index is 0.203. The van der Waals surface area contributed by atoms with Crippen LogP contribution in [0.15, 0.2) is 41.0 Å². The average molecular weight is 318 g/mol. The summed E-state index contributed by atoms with van der Waals surface area (Å²) in [5, 5.41) is 3.48. The molecule has 5 nitrogen and oxygen atoms in total. The van der Waals surface area contributed by atoms with Crippen molar-refractivity contribution in [1.82, 2.24) is 10.2 Å². The van der Waals surface area contributed by atoms with Gasteiger partial charge in [-0.1, -0.05) is 6.07 Å². The fourth-order valence-corrected chi connectivity index (χ4v) is 2.47. The molecule has 5 heteroatoms. The predicted molar refractivity (Wildman–Crippen MR) is 91.0 cm³/mol. The van der Waals surface area contributed by atoms with Gasteiger partial charge in [-0.2, -0.15) is 0 Å². The number of ether oxygens (including phenoxy) is 2. The van der Waals surface area contributed by atoms with Crippen LogP contribution in [-0.4, -0.2) is 39.3 Å². The van der Waals surface area contributed by atoms with Crippen molar-refractivity contribution in [2.75, 3.05) is 34.4 Å². The summed E-state index contributed by atoms with van der Waals surface area (Å²) in [6.07, 6.45) is 1.71. The van der Waals surface area contributed by atoms with Crippen LogP contribution in [0.2, 0.25) is 0 Å². The molecule has 1 heterocycles. The molecule has 2 rings (SSSR count). The van der Waals surface area contributed by atoms with E-state index in [1.165, 1.54) is 0 Å². The third kappa shape index (κ3) is 4.74. The van der Waals surface area contributed by atoms with Gasteiger partial charge in [0, 0.05) is 13.1 Å². The maximum absolute atomic E-state index is 5.62. The lowest BCUT2D eigenvalue weighted by Gasteiger charge is -2.22. The van der Waals surface area contributed by atoms with Gasteiger partial charge in [0.05, 0.1) is 26.0 Å². The highest BCUT2D eigenvalue weighted by molar-refractivity contribution is 5.42. The molecule has 1 unspecified atom stereocenters. The molecule has 0 aliphatic heterocycles. The van der Waals surface area contributed by atoms with Crippen molar-refractivity contribution in [2.45, 2.75) is 19.5 Å². The number of rotatable bonds is 9. The van der Waals surface area contributed by atoms with Gasteiger partial charge in [0.25, 0.3) is 0 Å². The molecule has 1 aromatic heterocycles. The van der Waals surface area contributed by atoms with Gasteiger partial charge in [0.15, 0.2) is 11.5 Å². The summed E-state index contributed by atoms with van der Waals surface area (Å²) < 4.78 is 16.5. The maximum atomic E-state index is 5.62. The van der Waals surface area contributed by atoms with Crippen LogP contribution in [0.3, 0.4) is 0 Å². The Morgan fingerprint density at radius 2 is 2.04 bits per heavy atom. The second kappa shape index (κ2) is 8.60. The third-order valence-corrected chi connectivity index (χ3v) is 3.69. The molecule has 0 saturated carbocycles. The number of benzene rings is 1. The second-order valence-corrected chi connectivity index (χ2v) is 5.54. The van der Waals surface area contributed by atoms with Gasteiger partial charge >= 0.3 is 0 Å². The number of likely N-dealkylation sites (N-methyl/N-ethyl adjacent to an activating group) is 1. The fraction of sp³-hybridized carbons (Fsp3) is 0.444. The van der Waals surface area contributed by atoms with Gasteiger partial charge in [-0.25, -0.2) is 0 Å². The minimum Gasteiger partial charge on any atom is -0.493 e. The van der Waals surface area contributed by atoms with E-state index in [1.807, 2.05) is 37.3 Å². The molecule has 0 radical (unpaired) electrons. The Balaban J connectivity index is 1.96. The molecule has 1 N–H and O–H groups in total. The molecule has 0 amide bonds. The highest BCUT2D eigenvalue weighted by Gasteiger charge is 2.16. The molecule has 0 aliphatic rings. The molecule has 2 aromatic rings. The summed E-state index contributed by atoms with van der Waals surface area (Å²) in [4.78, 5) is 2.14. The Hall–Kier alpha value is -1.98. The topological polar surface area (TPSA) is 46.9 Å². The van der Waals surface area contributed by atoms with E-state index >= 15 is 0 Å². The standard InChI is InChI=1S/C18H26N2O3/c1-5-22-18-11-14(8-9-17(18)21-4)12-19-13-15(20(2)3)16-7-6-10-23-16/h6-11,15,19H,5,12-13H2,1-4H3. The van der Waals surface area contributed by atoms with Crippen molar-refractivity contribution < 1.29 is 13.9 Å². The number of hydrogen-bond acceptors (Lipinski definition) is 5. The molecule has 1 aromatic carbocycles. The van der Waals surface area contributed by atoms with Crippen LogP contribution in [0, 0.1) is 0 Å². The van der Waals surface area contributed by atoms with E-state index in [-0.39, 0.29) is 6.04 Å². The van der Waals surface area contributed by atoms with Crippen LogP contribution in [0.1, 0.15) is 24.3 Å². The first-order valence-corrected chi connectivity index (χ1v) is 7.86. The Labute approximate surface area is 138 Å². The quantitative estimate of drug-likeness (QED) is 0.770. The summed E-state index contributed by atoms with van der Waals surface area (Å²) in [7, 11) is 5.76. The molecule has 0 bridgehead atoms. The third-order valence-electron chi connectivity index (χ3n) is 3.69. The zero-order valence-corrected chi connectivity index (χ0v) is 14.3. The molecule has 0 fully saturated rings. The number of hydrogen-bond donors (Lipinski definition) is 1. The molecule has 0 aliphatic carbocycles. The molecule has 126 valence electrons. The van der Waals surface area contributed by atoms with Gasteiger partial charge in [-0.15, -0.1) is 0 Å². The zero-order valence-electron chi connectivity index (χ0n) is 14.3. The van der Waals surface area contributed by atoms with Crippen LogP contribution < -0.4 is 14.8 Å². The smallest absolute Gasteiger partial charge is 0.161 e. The van der Waals surface area contributed by atoms with Crippen LogP contribution in [0.25, 0.3) is 0 Å². The van der Waals surface area contributed by atoms with Crippen molar-refractivity contribution in [2.24, 2.45) is 0 Å². The number of methoxy groups -OCH3 is 1. The van der Waals surface area contributed by atoms with Gasteiger partial charge in [0.1, 0.15) is 5.76 Å². The highest BCUT2D eigenvalue weighted by Crippen LogP contribution is 2.28. The van der Waals surface area contributed by atoms with E-state index in [4.69, 9.17) is 13.9 Å². The summed E-state index contributed by atoms with van der Waals surface area (Å²) in [5.41, 5.74) is 1.16. The van der Waals surface area contributed by atoms with E-state index in [2.05, 4.69) is 24.3 Å². The Kier molecular flexibility index (Phi) is 6.50. The summed E-state index contributed by atoms with van der Waals surface area (Å²) >= 11 is 0. The SMILES string of the molecule is CCOc1cc(CNCC(c2ccco2)N(C)C)ccc1OC. The molecular formula is C18H26N2O3. The van der Waals surface area contributed by atoms with E-state index in [1.54, 1.807) is 13.4 Å². The molecule has 1 atom stereocenters. The lowest BCUT2D eigenvalue weighted by molar-refractivity contribution is 0.250. The first kappa shape index (κ1) is 17.4. The average Bonchev–Trinajstić information content (AvgIpc) is 3.06. The highest BCUT2D eigenvalue weighted by atomic mass is 16.5. The Bertz CT molecular complexity index is 582. The fourth-order valence-electron chi connectivity index (χ4n) is 2.47. The van der Waals surface area contributed by atoms with E-state index in [9.17, 15) is 0 Å². The normalized spacial score (nSPS) is 12.4. The van der Waals surface area contributed by atoms with E-state index in [0.29, 0.717) is 6.61 Å². The van der Waals surface area contributed by atoms with E-state index < -0.39 is 0 Å². The first-order valence-electron chi connectivity index (χ1n) is 7.86. The predicted octanol–water partition coefficient (Wildman–Crippen LogP) is 3.08. The summed E-state index contributed by atoms with van der Waals surface area (Å²) in [5.74, 6) is 2.51. The Morgan fingerprint density at radius 1 is 1.22 bits per heavy atom. The van der Waals surface area contributed by atoms with E-state index in [0.717, 1.165) is 35.9 Å². The monoisotopic (exact) mass is 318 g/mol. The molecule has 23 heavy (non-hydrogen) atoms. The van der Waals surface area contributed by atoms with Crippen LogP contribution in [0.5, 0.6) is 11.5 Å². The van der Waals surface area contributed by atoms with Crippen molar-refractivity contribution in [1.29, 1.82) is 0 Å². The Morgan fingerprint density at radius 3 is 2.65 bits per heavy atom. The summed E-state index contributed by atoms with van der Waals surface area (Å²) in [6.45, 7) is 4.15. The van der Waals surface area contributed by atoms with Gasteiger partial charge < -0.3 is 19.2 Å². The summed E-state index contributed by atoms with van der Waals surface area (Å²) in [6, 6.07) is 10.1. The van der Waals surface area contributed by atoms with Crippen molar-refractivity contribution in [3.05, 3.63) is 47.9 Å².